The topological polar surface area (TPSA) is 28.1 Å². The highest BCUT2D eigenvalue weighted by Gasteiger charge is 2.07. The molecule has 0 saturated heterocycles. The molecule has 0 aliphatic carbocycles. The lowest BCUT2D eigenvalue weighted by atomic mass is 10.2. The molecule has 0 spiro atoms. The van der Waals surface area contributed by atoms with Crippen molar-refractivity contribution in [2.75, 3.05) is 34.8 Å². The molecule has 0 aliphatic heterocycles. The lowest BCUT2D eigenvalue weighted by Crippen LogP contribution is -2.35. The number of hydrogen-bond acceptors (Lipinski definition) is 2. The van der Waals surface area contributed by atoms with Crippen LogP contribution in [0.4, 0.5) is 0 Å². The van der Waals surface area contributed by atoms with Gasteiger partial charge in [0.25, 0.3) is 0 Å². The zero-order chi connectivity index (χ0) is 14.4. The van der Waals surface area contributed by atoms with E-state index in [0.717, 1.165) is 17.3 Å². The Balaban J connectivity index is 0.00000361. The van der Waals surface area contributed by atoms with Gasteiger partial charge in [-0.05, 0) is 19.1 Å². The summed E-state index contributed by atoms with van der Waals surface area (Å²) in [5.41, 5.74) is 1.03. The Hall–Kier alpha value is -0.690. The standard InChI is InChI=1S/C14H22ClN3O.HI/c1-6-19-13-9-12(15)8-7-11(13)10-16-14(17(2)3)18(4)5;/h7-9H,6,10H2,1-5H3;1H. The summed E-state index contributed by atoms with van der Waals surface area (Å²) in [5.74, 6) is 1.72. The Morgan fingerprint density at radius 3 is 2.30 bits per heavy atom. The number of benzene rings is 1. The molecule has 0 aromatic heterocycles. The molecule has 0 aliphatic rings. The lowest BCUT2D eigenvalue weighted by Gasteiger charge is -2.22. The monoisotopic (exact) mass is 411 g/mol. The molecule has 0 atom stereocenters. The van der Waals surface area contributed by atoms with Gasteiger partial charge in [0.05, 0.1) is 13.2 Å². The quantitative estimate of drug-likeness (QED) is 0.432. The van der Waals surface area contributed by atoms with E-state index in [1.54, 1.807) is 0 Å². The van der Waals surface area contributed by atoms with Crippen LogP contribution in [-0.4, -0.2) is 50.6 Å². The minimum Gasteiger partial charge on any atom is -0.493 e. The van der Waals surface area contributed by atoms with Gasteiger partial charge in [0, 0.05) is 38.8 Å². The van der Waals surface area contributed by atoms with Crippen LogP contribution in [0.3, 0.4) is 0 Å². The number of aliphatic imine (C=N–C) groups is 1. The number of rotatable bonds is 4. The van der Waals surface area contributed by atoms with Crippen LogP contribution in [-0.2, 0) is 6.54 Å². The SMILES string of the molecule is CCOc1cc(Cl)ccc1CN=C(N(C)C)N(C)C.I. The molecule has 4 nitrogen and oxygen atoms in total. The maximum Gasteiger partial charge on any atom is 0.195 e. The second-order valence-electron chi connectivity index (χ2n) is 4.59. The van der Waals surface area contributed by atoms with Crippen molar-refractivity contribution in [1.82, 2.24) is 9.80 Å². The molecule has 114 valence electrons. The van der Waals surface area contributed by atoms with Crippen LogP contribution in [0.1, 0.15) is 12.5 Å². The second kappa shape index (κ2) is 9.28. The fourth-order valence-electron chi connectivity index (χ4n) is 1.79. The Morgan fingerprint density at radius 1 is 1.20 bits per heavy atom. The van der Waals surface area contributed by atoms with E-state index < -0.39 is 0 Å². The first-order valence-corrected chi connectivity index (χ1v) is 6.63. The third-order valence-electron chi connectivity index (χ3n) is 2.52. The molecule has 6 heteroatoms. The largest absolute Gasteiger partial charge is 0.493 e. The average Bonchev–Trinajstić information content (AvgIpc) is 2.31. The average molecular weight is 412 g/mol. The maximum absolute atomic E-state index is 5.98. The molecule has 0 fully saturated rings. The van der Waals surface area contributed by atoms with Gasteiger partial charge >= 0.3 is 0 Å². The molecule has 0 amide bonds. The Bertz CT molecular complexity index is 440. The number of nitrogens with zero attached hydrogens (tertiary/aromatic N) is 3. The highest BCUT2D eigenvalue weighted by atomic mass is 127. The van der Waals surface area contributed by atoms with Gasteiger partial charge < -0.3 is 14.5 Å². The Kier molecular flexibility index (Phi) is 8.96. The summed E-state index contributed by atoms with van der Waals surface area (Å²) in [4.78, 5) is 8.58. The van der Waals surface area contributed by atoms with Crippen molar-refractivity contribution in [3.63, 3.8) is 0 Å². The predicted octanol–water partition coefficient (Wildman–Crippen LogP) is 3.34. The normalized spacial score (nSPS) is 9.50. The highest BCUT2D eigenvalue weighted by Crippen LogP contribution is 2.24. The van der Waals surface area contributed by atoms with E-state index in [-0.39, 0.29) is 24.0 Å². The zero-order valence-corrected chi connectivity index (χ0v) is 15.8. The van der Waals surface area contributed by atoms with Crippen molar-refractivity contribution in [3.05, 3.63) is 28.8 Å². The molecule has 1 aromatic rings. The van der Waals surface area contributed by atoms with Crippen molar-refractivity contribution < 1.29 is 4.74 Å². The minimum absolute atomic E-state index is 0. The lowest BCUT2D eigenvalue weighted by molar-refractivity contribution is 0.336. The van der Waals surface area contributed by atoms with Gasteiger partial charge in [0.2, 0.25) is 0 Å². The molecule has 0 N–H and O–H groups in total. The van der Waals surface area contributed by atoms with E-state index in [4.69, 9.17) is 16.3 Å². The molecular weight excluding hydrogens is 389 g/mol. The van der Waals surface area contributed by atoms with Crippen molar-refractivity contribution in [2.24, 2.45) is 4.99 Å². The second-order valence-corrected chi connectivity index (χ2v) is 5.03. The third kappa shape index (κ3) is 5.75. The molecule has 0 radical (unpaired) electrons. The first kappa shape index (κ1) is 19.3. The van der Waals surface area contributed by atoms with Gasteiger partial charge in [0.15, 0.2) is 5.96 Å². The van der Waals surface area contributed by atoms with Gasteiger partial charge in [0.1, 0.15) is 5.75 Å². The van der Waals surface area contributed by atoms with Gasteiger partial charge in [-0.15, -0.1) is 24.0 Å². The van der Waals surface area contributed by atoms with Crippen molar-refractivity contribution >= 4 is 41.5 Å². The van der Waals surface area contributed by atoms with Gasteiger partial charge in [-0.1, -0.05) is 17.7 Å². The molecule has 1 aromatic carbocycles. The van der Waals surface area contributed by atoms with Crippen LogP contribution >= 0.6 is 35.6 Å². The summed E-state index contributed by atoms with van der Waals surface area (Å²) in [7, 11) is 7.91. The summed E-state index contributed by atoms with van der Waals surface area (Å²) in [6.07, 6.45) is 0. The highest BCUT2D eigenvalue weighted by molar-refractivity contribution is 14.0. The molecule has 0 saturated carbocycles. The number of guanidine groups is 1. The van der Waals surface area contributed by atoms with E-state index in [2.05, 4.69) is 4.99 Å². The fraction of sp³-hybridized carbons (Fsp3) is 0.500. The van der Waals surface area contributed by atoms with Crippen molar-refractivity contribution in [2.45, 2.75) is 13.5 Å². The van der Waals surface area contributed by atoms with Gasteiger partial charge in [-0.25, -0.2) is 4.99 Å². The third-order valence-corrected chi connectivity index (χ3v) is 2.75. The van der Waals surface area contributed by atoms with Crippen LogP contribution in [0.15, 0.2) is 23.2 Å². The van der Waals surface area contributed by atoms with E-state index in [0.29, 0.717) is 18.2 Å². The molecule has 0 unspecified atom stereocenters. The van der Waals surface area contributed by atoms with Crippen LogP contribution in [0.25, 0.3) is 0 Å². The van der Waals surface area contributed by atoms with Gasteiger partial charge in [-0.3, -0.25) is 0 Å². The van der Waals surface area contributed by atoms with E-state index in [1.165, 1.54) is 0 Å². The number of ether oxygens (including phenoxy) is 1. The maximum atomic E-state index is 5.98. The number of halogens is 2. The smallest absolute Gasteiger partial charge is 0.195 e. The summed E-state index contributed by atoms with van der Waals surface area (Å²) in [6, 6.07) is 5.65. The Morgan fingerprint density at radius 2 is 1.80 bits per heavy atom. The molecule has 20 heavy (non-hydrogen) atoms. The summed E-state index contributed by atoms with van der Waals surface area (Å²) in [5, 5.41) is 0.677. The Labute approximate surface area is 143 Å². The summed E-state index contributed by atoms with van der Waals surface area (Å²) < 4.78 is 5.59. The summed E-state index contributed by atoms with van der Waals surface area (Å²) in [6.45, 7) is 3.14. The molecule has 0 heterocycles. The first-order valence-electron chi connectivity index (χ1n) is 6.26. The van der Waals surface area contributed by atoms with Crippen LogP contribution < -0.4 is 4.74 Å². The van der Waals surface area contributed by atoms with Crippen molar-refractivity contribution in [1.29, 1.82) is 0 Å². The summed E-state index contributed by atoms with van der Waals surface area (Å²) >= 11 is 5.98. The molecule has 1 rings (SSSR count). The zero-order valence-electron chi connectivity index (χ0n) is 12.7. The first-order chi connectivity index (χ1) is 8.95. The number of hydrogen-bond donors (Lipinski definition) is 0. The van der Waals surface area contributed by atoms with Crippen molar-refractivity contribution in [3.8, 4) is 5.75 Å². The fourth-order valence-corrected chi connectivity index (χ4v) is 1.95. The van der Waals surface area contributed by atoms with E-state index in [1.807, 2.05) is 63.1 Å². The van der Waals surface area contributed by atoms with Crippen LogP contribution in [0.2, 0.25) is 5.02 Å². The minimum atomic E-state index is 0. The van der Waals surface area contributed by atoms with E-state index in [9.17, 15) is 0 Å². The van der Waals surface area contributed by atoms with Gasteiger partial charge in [-0.2, -0.15) is 0 Å². The molecular formula is C14H23ClIN3O. The van der Waals surface area contributed by atoms with Crippen LogP contribution in [0, 0.1) is 0 Å². The van der Waals surface area contributed by atoms with Crippen LogP contribution in [0.5, 0.6) is 5.75 Å². The van der Waals surface area contributed by atoms with E-state index >= 15 is 0 Å². The molecule has 0 bridgehead atoms. The predicted molar refractivity (Wildman–Crippen MR) is 96.5 cm³/mol.